The van der Waals surface area contributed by atoms with Crippen LogP contribution in [0.5, 0.6) is 0 Å². The van der Waals surface area contributed by atoms with Crippen LogP contribution in [0, 0.1) is 5.92 Å². The normalized spacial score (nSPS) is 22.2. The van der Waals surface area contributed by atoms with E-state index in [1.807, 2.05) is 4.57 Å². The van der Waals surface area contributed by atoms with E-state index in [1.165, 1.54) is 32.1 Å². The first-order valence-electron chi connectivity index (χ1n) is 9.44. The number of carbonyl (C=O) groups is 2. The first-order valence-corrected chi connectivity index (χ1v) is 9.44. The highest BCUT2D eigenvalue weighted by Crippen LogP contribution is 2.28. The van der Waals surface area contributed by atoms with Crippen molar-refractivity contribution in [1.29, 1.82) is 0 Å². The molecule has 0 radical (unpaired) electrons. The fourth-order valence-corrected chi connectivity index (χ4v) is 4.15. The summed E-state index contributed by atoms with van der Waals surface area (Å²) in [5.74, 6) is 1.23. The minimum absolute atomic E-state index is 0.125. The number of likely N-dealkylation sites (tertiary alicyclic amines) is 1. The van der Waals surface area contributed by atoms with Gasteiger partial charge in [0.2, 0.25) is 11.7 Å². The number of amides is 2. The summed E-state index contributed by atoms with van der Waals surface area (Å²) in [7, 11) is 0. The maximum absolute atomic E-state index is 12.3. The molecule has 0 atom stereocenters. The van der Waals surface area contributed by atoms with Gasteiger partial charge in [-0.25, -0.2) is 0 Å². The van der Waals surface area contributed by atoms with Crippen molar-refractivity contribution < 1.29 is 9.59 Å². The number of fused-ring (bicyclic) bond motifs is 1. The number of hydrogen-bond donors (Lipinski definition) is 2. The van der Waals surface area contributed by atoms with Crippen LogP contribution in [-0.4, -0.2) is 63.7 Å². The molecule has 2 N–H and O–H groups in total. The van der Waals surface area contributed by atoms with E-state index >= 15 is 0 Å². The summed E-state index contributed by atoms with van der Waals surface area (Å²) >= 11 is 0. The highest BCUT2D eigenvalue weighted by molar-refractivity contribution is 5.91. The summed E-state index contributed by atoms with van der Waals surface area (Å²) < 4.78 is 1.85. The Morgan fingerprint density at radius 2 is 2.00 bits per heavy atom. The minimum atomic E-state index is -0.175. The first-order chi connectivity index (χ1) is 12.2. The average molecular weight is 346 g/mol. The predicted octanol–water partition coefficient (Wildman–Crippen LogP) is -0.0553. The maximum atomic E-state index is 12.3. The number of nitrogens with one attached hydrogen (secondary N) is 2. The van der Waals surface area contributed by atoms with Crippen molar-refractivity contribution in [3.63, 3.8) is 0 Å². The first kappa shape index (κ1) is 16.5. The van der Waals surface area contributed by atoms with Crippen molar-refractivity contribution in [2.24, 2.45) is 5.92 Å². The van der Waals surface area contributed by atoms with Gasteiger partial charge in [0.15, 0.2) is 0 Å². The molecule has 0 unspecified atom stereocenters. The molecule has 1 aromatic rings. The van der Waals surface area contributed by atoms with Crippen LogP contribution in [0.1, 0.15) is 48.5 Å². The van der Waals surface area contributed by atoms with Crippen LogP contribution in [0.25, 0.3) is 0 Å². The van der Waals surface area contributed by atoms with Gasteiger partial charge in [0.25, 0.3) is 5.91 Å². The second-order valence-electron chi connectivity index (χ2n) is 7.33. The molecule has 25 heavy (non-hydrogen) atoms. The SMILES string of the molecule is O=C1NCCn2c(CCNC(=O)C3CN(C4CCCCC4)C3)nnc21. The molecule has 1 saturated carbocycles. The van der Waals surface area contributed by atoms with Crippen LogP contribution in [0.4, 0.5) is 0 Å². The molecule has 8 nitrogen and oxygen atoms in total. The third-order valence-electron chi connectivity index (χ3n) is 5.67. The summed E-state index contributed by atoms with van der Waals surface area (Å²) in [6, 6.07) is 0.700. The molecule has 0 aromatic carbocycles. The molecular weight excluding hydrogens is 320 g/mol. The summed E-state index contributed by atoms with van der Waals surface area (Å²) in [5.41, 5.74) is 0. The lowest BCUT2D eigenvalue weighted by Crippen LogP contribution is -2.57. The van der Waals surface area contributed by atoms with Crippen molar-refractivity contribution in [2.45, 2.75) is 51.1 Å². The standard InChI is InChI=1S/C17H26N6O2/c24-16(12-10-22(11-12)13-4-2-1-3-5-13)18-7-6-14-20-21-15-17(25)19-8-9-23(14)15/h12-13H,1-11H2,(H,18,24)(H,19,25). The molecule has 3 aliphatic rings. The second kappa shape index (κ2) is 7.11. The molecule has 1 aliphatic carbocycles. The van der Waals surface area contributed by atoms with Crippen molar-refractivity contribution in [1.82, 2.24) is 30.3 Å². The highest BCUT2D eigenvalue weighted by Gasteiger charge is 2.36. The molecule has 3 heterocycles. The van der Waals surface area contributed by atoms with Crippen molar-refractivity contribution in [3.8, 4) is 0 Å². The van der Waals surface area contributed by atoms with Gasteiger partial charge in [-0.1, -0.05) is 19.3 Å². The lowest BCUT2D eigenvalue weighted by Gasteiger charge is -2.45. The maximum Gasteiger partial charge on any atom is 0.289 e. The molecule has 0 spiro atoms. The summed E-state index contributed by atoms with van der Waals surface area (Å²) in [6.07, 6.45) is 7.21. The molecule has 2 fully saturated rings. The van der Waals surface area contributed by atoms with E-state index < -0.39 is 0 Å². The average Bonchev–Trinajstić information content (AvgIpc) is 2.99. The Morgan fingerprint density at radius 3 is 2.80 bits per heavy atom. The van der Waals surface area contributed by atoms with Gasteiger partial charge in [-0.3, -0.25) is 14.5 Å². The van der Waals surface area contributed by atoms with E-state index in [4.69, 9.17) is 0 Å². The van der Waals surface area contributed by atoms with Crippen molar-refractivity contribution >= 4 is 11.8 Å². The van der Waals surface area contributed by atoms with E-state index in [2.05, 4.69) is 25.7 Å². The van der Waals surface area contributed by atoms with Gasteiger partial charge in [0.05, 0.1) is 5.92 Å². The van der Waals surface area contributed by atoms with Crippen LogP contribution < -0.4 is 10.6 Å². The summed E-state index contributed by atoms with van der Waals surface area (Å²) in [6.45, 7) is 3.63. The number of hydrogen-bond acceptors (Lipinski definition) is 5. The highest BCUT2D eigenvalue weighted by atomic mass is 16.2. The Labute approximate surface area is 147 Å². The second-order valence-corrected chi connectivity index (χ2v) is 7.33. The predicted molar refractivity (Wildman–Crippen MR) is 91.0 cm³/mol. The Kier molecular flexibility index (Phi) is 4.70. The van der Waals surface area contributed by atoms with E-state index in [0.29, 0.717) is 37.9 Å². The van der Waals surface area contributed by atoms with Gasteiger partial charge in [-0.05, 0) is 12.8 Å². The van der Waals surface area contributed by atoms with Crippen molar-refractivity contribution in [3.05, 3.63) is 11.6 Å². The van der Waals surface area contributed by atoms with Crippen LogP contribution in [0.2, 0.25) is 0 Å². The van der Waals surface area contributed by atoms with E-state index in [1.54, 1.807) is 0 Å². The molecule has 1 aromatic heterocycles. The summed E-state index contributed by atoms with van der Waals surface area (Å²) in [4.78, 5) is 26.4. The largest absolute Gasteiger partial charge is 0.355 e. The van der Waals surface area contributed by atoms with E-state index in [-0.39, 0.29) is 17.7 Å². The number of aromatic nitrogens is 3. The van der Waals surface area contributed by atoms with Crippen LogP contribution in [0.3, 0.4) is 0 Å². The lowest BCUT2D eigenvalue weighted by molar-refractivity contribution is -0.131. The molecular formula is C17H26N6O2. The Hall–Kier alpha value is -1.96. The summed E-state index contributed by atoms with van der Waals surface area (Å²) in [5, 5.41) is 13.8. The van der Waals surface area contributed by atoms with Crippen LogP contribution >= 0.6 is 0 Å². The zero-order chi connectivity index (χ0) is 17.2. The lowest BCUT2D eigenvalue weighted by atomic mass is 9.88. The number of nitrogens with zero attached hydrogens (tertiary/aromatic N) is 4. The quantitative estimate of drug-likeness (QED) is 0.780. The van der Waals surface area contributed by atoms with Gasteiger partial charge >= 0.3 is 0 Å². The van der Waals surface area contributed by atoms with Gasteiger partial charge in [0, 0.05) is 45.2 Å². The topological polar surface area (TPSA) is 92.2 Å². The molecule has 2 amide bonds. The molecule has 8 heteroatoms. The smallest absolute Gasteiger partial charge is 0.289 e. The van der Waals surface area contributed by atoms with Gasteiger partial charge in [-0.15, -0.1) is 10.2 Å². The number of carbonyl (C=O) groups excluding carboxylic acids is 2. The number of rotatable bonds is 5. The van der Waals surface area contributed by atoms with Crippen LogP contribution in [-0.2, 0) is 17.8 Å². The molecule has 0 bridgehead atoms. The molecule has 4 rings (SSSR count). The zero-order valence-corrected chi connectivity index (χ0v) is 14.5. The third kappa shape index (κ3) is 3.40. The molecule has 1 saturated heterocycles. The Morgan fingerprint density at radius 1 is 1.20 bits per heavy atom. The molecule has 2 aliphatic heterocycles. The van der Waals surface area contributed by atoms with Crippen LogP contribution in [0.15, 0.2) is 0 Å². The van der Waals surface area contributed by atoms with E-state index in [9.17, 15) is 9.59 Å². The Bertz CT molecular complexity index is 646. The fourth-order valence-electron chi connectivity index (χ4n) is 4.15. The minimum Gasteiger partial charge on any atom is -0.355 e. The zero-order valence-electron chi connectivity index (χ0n) is 14.5. The van der Waals surface area contributed by atoms with Gasteiger partial charge in [0.1, 0.15) is 5.82 Å². The van der Waals surface area contributed by atoms with E-state index in [0.717, 1.165) is 18.9 Å². The monoisotopic (exact) mass is 346 g/mol. The van der Waals surface area contributed by atoms with Crippen molar-refractivity contribution in [2.75, 3.05) is 26.2 Å². The Balaban J connectivity index is 1.21. The van der Waals surface area contributed by atoms with Gasteiger partial charge < -0.3 is 15.2 Å². The third-order valence-corrected chi connectivity index (χ3v) is 5.67. The fraction of sp³-hybridized carbons (Fsp3) is 0.765. The van der Waals surface area contributed by atoms with Gasteiger partial charge in [-0.2, -0.15) is 0 Å². The molecule has 136 valence electrons.